The van der Waals surface area contributed by atoms with Crippen molar-refractivity contribution in [2.24, 2.45) is 0 Å². The van der Waals surface area contributed by atoms with E-state index in [1.807, 2.05) is 24.3 Å². The summed E-state index contributed by atoms with van der Waals surface area (Å²) in [6, 6.07) is 14.4. The Balaban J connectivity index is 2.20. The minimum atomic E-state index is -0.286. The number of halogens is 1. The van der Waals surface area contributed by atoms with Crippen LogP contribution in [0.1, 0.15) is 13.3 Å². The zero-order valence-corrected chi connectivity index (χ0v) is 11.8. The van der Waals surface area contributed by atoms with Crippen LogP contribution in [-0.4, -0.2) is 16.7 Å². The average Bonchev–Trinajstić information content (AvgIpc) is 2.53. The van der Waals surface area contributed by atoms with E-state index in [4.69, 9.17) is 0 Å². The number of hydrogen-bond acceptors (Lipinski definition) is 3. The normalized spacial score (nSPS) is 10.8. The van der Waals surface area contributed by atoms with E-state index in [9.17, 15) is 4.39 Å². The molecule has 0 saturated heterocycles. The molecule has 0 bridgehead atoms. The molecular formula is C17H16FN3. The van der Waals surface area contributed by atoms with Crippen molar-refractivity contribution in [2.45, 2.75) is 13.3 Å². The lowest BCUT2D eigenvalue weighted by molar-refractivity contribution is 0.630. The van der Waals surface area contributed by atoms with Crippen molar-refractivity contribution >= 4 is 16.6 Å². The van der Waals surface area contributed by atoms with Crippen LogP contribution in [0.4, 0.5) is 10.2 Å². The first-order chi connectivity index (χ1) is 10.3. The molecule has 1 heterocycles. The van der Waals surface area contributed by atoms with Gasteiger partial charge in [-0.05, 0) is 18.6 Å². The zero-order valence-electron chi connectivity index (χ0n) is 11.8. The van der Waals surface area contributed by atoms with Crippen LogP contribution >= 0.6 is 0 Å². The molecule has 0 fully saturated rings. The van der Waals surface area contributed by atoms with Gasteiger partial charge in [-0.2, -0.15) is 0 Å². The number of benzene rings is 2. The lowest BCUT2D eigenvalue weighted by Gasteiger charge is -2.10. The first-order valence-electron chi connectivity index (χ1n) is 7.05. The summed E-state index contributed by atoms with van der Waals surface area (Å²) in [6.07, 6.45) is 1.01. The molecule has 0 aliphatic carbocycles. The Morgan fingerprint density at radius 2 is 1.67 bits per heavy atom. The average molecular weight is 281 g/mol. The second-order valence-corrected chi connectivity index (χ2v) is 4.85. The van der Waals surface area contributed by atoms with E-state index in [-0.39, 0.29) is 5.82 Å². The van der Waals surface area contributed by atoms with E-state index in [1.165, 1.54) is 6.07 Å². The minimum absolute atomic E-state index is 0.286. The Kier molecular flexibility index (Phi) is 3.77. The largest absolute Gasteiger partial charge is 0.368 e. The molecule has 3 aromatic rings. The van der Waals surface area contributed by atoms with Crippen LogP contribution < -0.4 is 5.32 Å². The summed E-state index contributed by atoms with van der Waals surface area (Å²) in [4.78, 5) is 0. The van der Waals surface area contributed by atoms with Gasteiger partial charge in [0.15, 0.2) is 5.82 Å². The number of anilines is 1. The second kappa shape index (κ2) is 5.87. The maximum absolute atomic E-state index is 14.0. The number of aromatic nitrogens is 2. The molecular weight excluding hydrogens is 265 g/mol. The highest BCUT2D eigenvalue weighted by molar-refractivity contribution is 6.00. The highest BCUT2D eigenvalue weighted by Gasteiger charge is 2.13. The molecule has 0 aliphatic rings. The quantitative estimate of drug-likeness (QED) is 0.776. The summed E-state index contributed by atoms with van der Waals surface area (Å²) >= 11 is 0. The summed E-state index contributed by atoms with van der Waals surface area (Å²) in [5.41, 5.74) is 1.05. The molecule has 0 saturated carbocycles. The van der Waals surface area contributed by atoms with Gasteiger partial charge in [0.2, 0.25) is 0 Å². The van der Waals surface area contributed by atoms with Gasteiger partial charge in [-0.15, -0.1) is 10.2 Å². The maximum atomic E-state index is 14.0. The van der Waals surface area contributed by atoms with Gasteiger partial charge in [0.05, 0.1) is 0 Å². The van der Waals surface area contributed by atoms with Gasteiger partial charge in [-0.1, -0.05) is 43.3 Å². The highest BCUT2D eigenvalue weighted by Crippen LogP contribution is 2.30. The van der Waals surface area contributed by atoms with Crippen LogP contribution in [0.25, 0.3) is 22.0 Å². The number of fused-ring (bicyclic) bond motifs is 1. The Bertz CT molecular complexity index is 771. The molecule has 0 radical (unpaired) electrons. The first-order valence-corrected chi connectivity index (χ1v) is 7.05. The fourth-order valence-electron chi connectivity index (χ4n) is 2.33. The number of hydrogen-bond donors (Lipinski definition) is 1. The fourth-order valence-corrected chi connectivity index (χ4v) is 2.33. The van der Waals surface area contributed by atoms with Crippen LogP contribution in [0.5, 0.6) is 0 Å². The van der Waals surface area contributed by atoms with Crippen LogP contribution in [0.15, 0.2) is 48.5 Å². The van der Waals surface area contributed by atoms with Gasteiger partial charge >= 0.3 is 0 Å². The smallest absolute Gasteiger partial charge is 0.156 e. The van der Waals surface area contributed by atoms with Gasteiger partial charge in [-0.3, -0.25) is 0 Å². The molecule has 2 aromatic carbocycles. The predicted molar refractivity (Wildman–Crippen MR) is 83.7 cm³/mol. The lowest BCUT2D eigenvalue weighted by atomic mass is 10.0. The van der Waals surface area contributed by atoms with E-state index in [2.05, 4.69) is 22.4 Å². The molecule has 4 heteroatoms. The Morgan fingerprint density at radius 1 is 0.952 bits per heavy atom. The summed E-state index contributed by atoms with van der Waals surface area (Å²) in [5, 5.41) is 13.6. The molecule has 106 valence electrons. The van der Waals surface area contributed by atoms with E-state index >= 15 is 0 Å². The Hall–Kier alpha value is -2.49. The van der Waals surface area contributed by atoms with Crippen LogP contribution in [0, 0.1) is 5.82 Å². The molecule has 0 aliphatic heterocycles. The van der Waals surface area contributed by atoms with Crippen molar-refractivity contribution in [2.75, 3.05) is 11.9 Å². The summed E-state index contributed by atoms with van der Waals surface area (Å²) in [5.74, 6) is 0.457. The van der Waals surface area contributed by atoms with Crippen LogP contribution in [0.3, 0.4) is 0 Å². The van der Waals surface area contributed by atoms with E-state index < -0.39 is 0 Å². The Labute approximate surface area is 122 Å². The molecule has 1 N–H and O–H groups in total. The predicted octanol–water partition coefficient (Wildman–Crippen LogP) is 4.26. The first kappa shape index (κ1) is 13.5. The van der Waals surface area contributed by atoms with E-state index in [1.54, 1.807) is 18.2 Å². The van der Waals surface area contributed by atoms with E-state index in [0.29, 0.717) is 11.3 Å². The third kappa shape index (κ3) is 2.57. The van der Waals surface area contributed by atoms with Gasteiger partial charge in [0.1, 0.15) is 11.5 Å². The van der Waals surface area contributed by atoms with Crippen molar-refractivity contribution in [1.29, 1.82) is 0 Å². The summed E-state index contributed by atoms with van der Waals surface area (Å²) in [7, 11) is 0. The van der Waals surface area contributed by atoms with Gasteiger partial charge in [0, 0.05) is 22.9 Å². The van der Waals surface area contributed by atoms with Crippen molar-refractivity contribution in [3.63, 3.8) is 0 Å². The van der Waals surface area contributed by atoms with Crippen molar-refractivity contribution < 1.29 is 4.39 Å². The van der Waals surface area contributed by atoms with Gasteiger partial charge in [0.25, 0.3) is 0 Å². The van der Waals surface area contributed by atoms with Gasteiger partial charge < -0.3 is 5.32 Å². The zero-order chi connectivity index (χ0) is 14.7. The number of rotatable bonds is 4. The molecule has 0 spiro atoms. The van der Waals surface area contributed by atoms with E-state index in [0.717, 1.165) is 29.6 Å². The third-order valence-corrected chi connectivity index (χ3v) is 3.36. The molecule has 0 atom stereocenters. The second-order valence-electron chi connectivity index (χ2n) is 4.85. The minimum Gasteiger partial charge on any atom is -0.368 e. The molecule has 21 heavy (non-hydrogen) atoms. The number of nitrogens with zero attached hydrogens (tertiary/aromatic N) is 2. The molecule has 0 amide bonds. The SMILES string of the molecule is CCCNc1nnc(-c2ccccc2F)c2ccccc12. The van der Waals surface area contributed by atoms with Crippen molar-refractivity contribution in [1.82, 2.24) is 10.2 Å². The highest BCUT2D eigenvalue weighted by atomic mass is 19.1. The molecule has 3 rings (SSSR count). The lowest BCUT2D eigenvalue weighted by Crippen LogP contribution is -2.05. The summed E-state index contributed by atoms with van der Waals surface area (Å²) < 4.78 is 14.0. The maximum Gasteiger partial charge on any atom is 0.156 e. The monoisotopic (exact) mass is 281 g/mol. The number of nitrogens with one attached hydrogen (secondary N) is 1. The van der Waals surface area contributed by atoms with Crippen molar-refractivity contribution in [3.8, 4) is 11.3 Å². The molecule has 0 unspecified atom stereocenters. The summed E-state index contributed by atoms with van der Waals surface area (Å²) in [6.45, 7) is 2.92. The molecule has 3 nitrogen and oxygen atoms in total. The Morgan fingerprint density at radius 3 is 2.43 bits per heavy atom. The van der Waals surface area contributed by atoms with Crippen LogP contribution in [-0.2, 0) is 0 Å². The third-order valence-electron chi connectivity index (χ3n) is 3.36. The topological polar surface area (TPSA) is 37.8 Å². The fraction of sp³-hybridized carbons (Fsp3) is 0.176. The standard InChI is InChI=1S/C17H16FN3/c1-2-11-19-17-13-8-4-3-7-12(13)16(20-21-17)14-9-5-6-10-15(14)18/h3-10H,2,11H2,1H3,(H,19,21). The molecule has 1 aromatic heterocycles. The van der Waals surface area contributed by atoms with Gasteiger partial charge in [-0.25, -0.2) is 4.39 Å². The van der Waals surface area contributed by atoms with Crippen LogP contribution in [0.2, 0.25) is 0 Å². The van der Waals surface area contributed by atoms with Crippen molar-refractivity contribution in [3.05, 3.63) is 54.3 Å².